The zero-order valence-electron chi connectivity index (χ0n) is 41.7. The lowest BCUT2D eigenvalue weighted by atomic mass is 9.95. The third-order valence-electron chi connectivity index (χ3n) is 13.6. The van der Waals surface area contributed by atoms with Gasteiger partial charge in [0.1, 0.15) is 97.7 Å². The van der Waals surface area contributed by atoms with E-state index >= 15 is 0 Å². The molecule has 76 heavy (non-hydrogen) atoms. The van der Waals surface area contributed by atoms with Gasteiger partial charge in [-0.2, -0.15) is 0 Å². The number of hydrogen-bond donors (Lipinski definition) is 9. The quantitative estimate of drug-likeness (QED) is 0.0405. The van der Waals surface area contributed by atoms with Gasteiger partial charge < -0.3 is 103 Å². The number of hydrogen-bond acceptors (Lipinski definition) is 21. The summed E-state index contributed by atoms with van der Waals surface area (Å²) in [6.07, 6.45) is -29.9. The second-order valence-electron chi connectivity index (χ2n) is 18.9. The molecule has 9 N–H and O–H groups in total. The van der Waals surface area contributed by atoms with Crippen LogP contribution in [0, 0.1) is 0 Å². The fraction of sp³-hybridized carbons (Fsp3) is 0.527. The van der Waals surface area contributed by atoms with Crippen LogP contribution in [-0.4, -0.2) is 202 Å². The van der Waals surface area contributed by atoms with Gasteiger partial charge in [-0.25, -0.2) is 0 Å². The molecule has 0 aliphatic carbocycles. The highest BCUT2D eigenvalue weighted by atomic mass is 16.8. The van der Waals surface area contributed by atoms with Crippen LogP contribution in [0.3, 0.4) is 0 Å². The molecule has 0 aromatic heterocycles. The zero-order chi connectivity index (χ0) is 53.6. The highest BCUT2D eigenvalue weighted by Gasteiger charge is 2.56. The Labute approximate surface area is 440 Å². The number of rotatable bonds is 25. The van der Waals surface area contributed by atoms with Crippen molar-refractivity contribution >= 4 is 0 Å². The van der Waals surface area contributed by atoms with Gasteiger partial charge in [-0.3, -0.25) is 0 Å². The topological polar surface area (TPSA) is 293 Å². The van der Waals surface area contributed by atoms with Crippen molar-refractivity contribution in [2.24, 2.45) is 0 Å². The Kier molecular flexibility index (Phi) is 21.8. The zero-order valence-corrected chi connectivity index (χ0v) is 41.7. The van der Waals surface area contributed by atoms with Gasteiger partial charge in [0.25, 0.3) is 0 Å². The summed E-state index contributed by atoms with van der Waals surface area (Å²) >= 11 is 0. The number of ether oxygens (including phenoxy) is 12. The van der Waals surface area contributed by atoms with Crippen molar-refractivity contribution in [1.29, 1.82) is 0 Å². The molecule has 20 atom stereocenters. The van der Waals surface area contributed by atoms with Crippen molar-refractivity contribution in [2.45, 2.75) is 149 Å². The van der Waals surface area contributed by atoms with Crippen LogP contribution in [0.4, 0.5) is 0 Å². The van der Waals surface area contributed by atoms with Gasteiger partial charge in [0, 0.05) is 0 Å². The lowest BCUT2D eigenvalue weighted by Crippen LogP contribution is -2.68. The Morgan fingerprint density at radius 1 is 0.368 bits per heavy atom. The van der Waals surface area contributed by atoms with Gasteiger partial charge in [-0.15, -0.1) is 6.58 Å². The van der Waals surface area contributed by atoms with Crippen molar-refractivity contribution in [1.82, 2.24) is 0 Å². The van der Waals surface area contributed by atoms with E-state index in [-0.39, 0.29) is 39.6 Å². The SMILES string of the molecule is C=CCOC1C(O)C(OC2C(O)[C@@H](OC3C(O)[C@@H](OC4C(OCc5ccccc5)[C@H](OCc5ccccc5)C(COCc5ccccc5)O[C@@H]4OCc4ccccc4)OC(CO)[C@H]3O)OC(CO)[C@H]2O)OC(CO)[C@H]1O. The molecule has 8 rings (SSSR count). The van der Waals surface area contributed by atoms with Crippen LogP contribution in [0.5, 0.6) is 0 Å². The lowest BCUT2D eigenvalue weighted by molar-refractivity contribution is -0.397. The van der Waals surface area contributed by atoms with Crippen LogP contribution in [0.15, 0.2) is 134 Å². The van der Waals surface area contributed by atoms with E-state index in [9.17, 15) is 46.0 Å². The predicted octanol–water partition coefficient (Wildman–Crippen LogP) is 0.360. The molecule has 4 aromatic carbocycles. The highest BCUT2D eigenvalue weighted by molar-refractivity contribution is 5.17. The first-order chi connectivity index (χ1) is 37.0. The first-order valence-electron chi connectivity index (χ1n) is 25.3. The van der Waals surface area contributed by atoms with Crippen molar-refractivity contribution in [3.05, 3.63) is 156 Å². The van der Waals surface area contributed by atoms with Gasteiger partial charge in [0.2, 0.25) is 0 Å². The fourth-order valence-electron chi connectivity index (χ4n) is 9.49. The average Bonchev–Trinajstić information content (AvgIpc) is 3.46. The number of aliphatic hydroxyl groups excluding tert-OH is 9. The number of aliphatic hydroxyl groups is 9. The third-order valence-corrected chi connectivity index (χ3v) is 13.6. The Morgan fingerprint density at radius 3 is 1.14 bits per heavy atom. The smallest absolute Gasteiger partial charge is 0.187 e. The molecule has 0 radical (unpaired) electrons. The van der Waals surface area contributed by atoms with E-state index in [1.807, 2.05) is 121 Å². The summed E-state index contributed by atoms with van der Waals surface area (Å²) in [6, 6.07) is 37.7. The van der Waals surface area contributed by atoms with E-state index in [2.05, 4.69) is 6.58 Å². The van der Waals surface area contributed by atoms with Crippen molar-refractivity contribution < 1.29 is 103 Å². The molecule has 4 fully saturated rings. The van der Waals surface area contributed by atoms with E-state index in [0.29, 0.717) is 0 Å². The molecule has 21 nitrogen and oxygen atoms in total. The Morgan fingerprint density at radius 2 is 0.724 bits per heavy atom. The van der Waals surface area contributed by atoms with Gasteiger partial charge in [-0.05, 0) is 22.3 Å². The Bertz CT molecular complexity index is 2270. The average molecular weight is 1070 g/mol. The summed E-state index contributed by atoms with van der Waals surface area (Å²) in [5.74, 6) is 0. The predicted molar refractivity (Wildman–Crippen MR) is 264 cm³/mol. The van der Waals surface area contributed by atoms with E-state index in [0.717, 1.165) is 22.3 Å². The molecule has 416 valence electrons. The molecule has 0 amide bonds. The minimum Gasteiger partial charge on any atom is -0.394 e. The fourth-order valence-corrected chi connectivity index (χ4v) is 9.49. The molecular formula is C55H70O21. The molecular weight excluding hydrogens is 997 g/mol. The molecule has 4 aliphatic rings. The summed E-state index contributed by atoms with van der Waals surface area (Å²) in [4.78, 5) is 0. The molecule has 21 heteroatoms. The molecule has 0 saturated carbocycles. The Hall–Kier alpha value is -4.22. The van der Waals surface area contributed by atoms with Crippen LogP contribution >= 0.6 is 0 Å². The summed E-state index contributed by atoms with van der Waals surface area (Å²) in [5.41, 5.74) is 3.35. The van der Waals surface area contributed by atoms with E-state index in [4.69, 9.17) is 56.8 Å². The first kappa shape index (κ1) is 57.9. The normalized spacial score (nSPS) is 35.9. The maximum atomic E-state index is 12.3. The molecule has 0 bridgehead atoms. The molecule has 0 spiro atoms. The maximum absolute atomic E-state index is 12.3. The molecule has 4 heterocycles. The monoisotopic (exact) mass is 1070 g/mol. The lowest BCUT2D eigenvalue weighted by Gasteiger charge is -2.50. The van der Waals surface area contributed by atoms with E-state index in [1.165, 1.54) is 6.08 Å². The van der Waals surface area contributed by atoms with Crippen LogP contribution in [-0.2, 0) is 83.3 Å². The standard InChI is InChI=1S/C55H70O21/c1-2-23-66-47-40(59)36(24-56)70-52(43(47)62)74-48-41(60)37(25-57)71-53(44(48)63)75-49-42(61)38(26-58)72-54(45(49)64)76-51-50(68-29-34-19-11-5-12-20-34)46(67-28-33-17-9-4-10-18-33)39(31-65-27-32-15-7-3-8-16-32)73-55(51)69-30-35-21-13-6-14-22-35/h2-22,36-64H,1,23-31H2/t36?,37?,38?,39?,40-,41-,42-,43?,44?,45?,46-,47?,48?,49?,50?,51?,52?,53-,54-,55+/m1/s1. The van der Waals surface area contributed by atoms with Crippen molar-refractivity contribution in [3.8, 4) is 0 Å². The molecule has 4 aliphatic heterocycles. The van der Waals surface area contributed by atoms with E-state index < -0.39 is 143 Å². The van der Waals surface area contributed by atoms with Crippen molar-refractivity contribution in [3.63, 3.8) is 0 Å². The first-order valence-corrected chi connectivity index (χ1v) is 25.3. The number of benzene rings is 4. The molecule has 4 saturated heterocycles. The summed E-state index contributed by atoms with van der Waals surface area (Å²) in [7, 11) is 0. The highest BCUT2D eigenvalue weighted by Crippen LogP contribution is 2.37. The van der Waals surface area contributed by atoms with Crippen LogP contribution in [0.25, 0.3) is 0 Å². The van der Waals surface area contributed by atoms with Gasteiger partial charge in [0.05, 0.1) is 59.5 Å². The van der Waals surface area contributed by atoms with Gasteiger partial charge >= 0.3 is 0 Å². The molecule has 13 unspecified atom stereocenters. The molecule has 4 aromatic rings. The van der Waals surface area contributed by atoms with Crippen molar-refractivity contribution in [2.75, 3.05) is 33.0 Å². The van der Waals surface area contributed by atoms with E-state index in [1.54, 1.807) is 0 Å². The van der Waals surface area contributed by atoms with Crippen LogP contribution < -0.4 is 0 Å². The summed E-state index contributed by atoms with van der Waals surface area (Å²) in [5, 5.41) is 100. The van der Waals surface area contributed by atoms with Gasteiger partial charge in [-0.1, -0.05) is 127 Å². The second kappa shape index (κ2) is 28.6. The minimum absolute atomic E-state index is 0.00609. The summed E-state index contributed by atoms with van der Waals surface area (Å²) in [6.45, 7) is 1.43. The minimum atomic E-state index is -2.02. The van der Waals surface area contributed by atoms with Gasteiger partial charge in [0.15, 0.2) is 25.2 Å². The third kappa shape index (κ3) is 14.5. The second-order valence-corrected chi connectivity index (χ2v) is 18.9. The summed E-state index contributed by atoms with van der Waals surface area (Å²) < 4.78 is 75.1. The largest absolute Gasteiger partial charge is 0.394 e. The maximum Gasteiger partial charge on any atom is 0.187 e. The Balaban J connectivity index is 1.09. The van der Waals surface area contributed by atoms with Crippen LogP contribution in [0.2, 0.25) is 0 Å². The van der Waals surface area contributed by atoms with Crippen LogP contribution in [0.1, 0.15) is 22.3 Å².